The number of carbonyl (C=O) groups excluding carboxylic acids is 1. The maximum atomic E-state index is 13.0. The summed E-state index contributed by atoms with van der Waals surface area (Å²) in [7, 11) is 0. The van der Waals surface area contributed by atoms with E-state index in [2.05, 4.69) is 15.7 Å². The summed E-state index contributed by atoms with van der Waals surface area (Å²) in [6.45, 7) is 3.71. The first kappa shape index (κ1) is 17.4. The molecular formula is C16H20ClFN4O. The van der Waals surface area contributed by atoms with Crippen molar-refractivity contribution in [3.63, 3.8) is 0 Å². The summed E-state index contributed by atoms with van der Waals surface area (Å²) in [5, 5.41) is 10.6. The molecule has 23 heavy (non-hydrogen) atoms. The molecule has 1 saturated heterocycles. The van der Waals surface area contributed by atoms with Gasteiger partial charge >= 0.3 is 0 Å². The van der Waals surface area contributed by atoms with E-state index in [4.69, 9.17) is 0 Å². The van der Waals surface area contributed by atoms with Crippen LogP contribution in [0.4, 0.5) is 4.39 Å². The number of nitrogens with zero attached hydrogens (tertiary/aromatic N) is 2. The van der Waals surface area contributed by atoms with E-state index in [0.717, 1.165) is 30.9 Å². The lowest BCUT2D eigenvalue weighted by molar-refractivity contribution is 0.0939. The molecule has 0 aliphatic carbocycles. The maximum Gasteiger partial charge on any atom is 0.255 e. The number of hydrogen-bond acceptors (Lipinski definition) is 3. The predicted molar refractivity (Wildman–Crippen MR) is 88.9 cm³/mol. The van der Waals surface area contributed by atoms with Gasteiger partial charge in [0.2, 0.25) is 0 Å². The van der Waals surface area contributed by atoms with Crippen LogP contribution in [0.3, 0.4) is 0 Å². The van der Waals surface area contributed by atoms with Crippen LogP contribution in [-0.4, -0.2) is 34.8 Å². The first-order valence-corrected chi connectivity index (χ1v) is 7.53. The molecule has 1 aromatic heterocycles. The number of hydrogen-bond donors (Lipinski definition) is 2. The van der Waals surface area contributed by atoms with Gasteiger partial charge < -0.3 is 10.6 Å². The highest BCUT2D eigenvalue weighted by Gasteiger charge is 2.21. The van der Waals surface area contributed by atoms with Gasteiger partial charge in [-0.1, -0.05) is 6.92 Å². The fraction of sp³-hybridized carbons (Fsp3) is 0.375. The van der Waals surface area contributed by atoms with Crippen LogP contribution in [0.25, 0.3) is 5.69 Å². The molecule has 1 atom stereocenters. The van der Waals surface area contributed by atoms with Gasteiger partial charge in [-0.15, -0.1) is 12.4 Å². The van der Waals surface area contributed by atoms with Crippen LogP contribution in [0.15, 0.2) is 30.5 Å². The molecule has 2 N–H and O–H groups in total. The van der Waals surface area contributed by atoms with Gasteiger partial charge in [-0.3, -0.25) is 4.79 Å². The summed E-state index contributed by atoms with van der Waals surface area (Å²) in [4.78, 5) is 12.4. The van der Waals surface area contributed by atoms with Gasteiger partial charge in [0.25, 0.3) is 5.91 Å². The highest BCUT2D eigenvalue weighted by Crippen LogP contribution is 2.16. The third-order valence-corrected chi connectivity index (χ3v) is 3.92. The van der Waals surface area contributed by atoms with Crippen molar-refractivity contribution >= 4 is 18.3 Å². The number of nitrogens with one attached hydrogen (secondary N) is 2. The van der Waals surface area contributed by atoms with E-state index in [1.807, 2.05) is 6.92 Å². The van der Waals surface area contributed by atoms with Crippen molar-refractivity contribution in [2.75, 3.05) is 13.1 Å². The van der Waals surface area contributed by atoms with Gasteiger partial charge in [0.1, 0.15) is 5.82 Å². The number of aromatic nitrogens is 2. The predicted octanol–water partition coefficient (Wildman–Crippen LogP) is 2.09. The van der Waals surface area contributed by atoms with Crippen LogP contribution in [0.2, 0.25) is 0 Å². The Bertz CT molecular complexity index is 665. The molecule has 0 spiro atoms. The van der Waals surface area contributed by atoms with Gasteiger partial charge in [-0.05, 0) is 43.7 Å². The fourth-order valence-corrected chi connectivity index (χ4v) is 2.75. The lowest BCUT2D eigenvalue weighted by atomic mass is 10.1. The average Bonchev–Trinajstić information content (AvgIpc) is 3.16. The molecule has 124 valence electrons. The Morgan fingerprint density at radius 2 is 2.17 bits per heavy atom. The summed E-state index contributed by atoms with van der Waals surface area (Å²) in [5.41, 5.74) is 2.16. The van der Waals surface area contributed by atoms with Crippen LogP contribution in [0.1, 0.15) is 29.4 Å². The van der Waals surface area contributed by atoms with Crippen molar-refractivity contribution in [1.29, 1.82) is 0 Å². The monoisotopic (exact) mass is 338 g/mol. The van der Waals surface area contributed by atoms with Crippen LogP contribution in [-0.2, 0) is 6.42 Å². The van der Waals surface area contributed by atoms with Crippen molar-refractivity contribution in [1.82, 2.24) is 20.4 Å². The van der Waals surface area contributed by atoms with E-state index in [1.54, 1.807) is 23.0 Å². The van der Waals surface area contributed by atoms with Crippen molar-refractivity contribution in [2.45, 2.75) is 25.8 Å². The zero-order valence-electron chi connectivity index (χ0n) is 12.9. The molecule has 0 radical (unpaired) electrons. The second kappa shape index (κ2) is 7.57. The minimum atomic E-state index is -0.291. The molecule has 3 rings (SSSR count). The summed E-state index contributed by atoms with van der Waals surface area (Å²) in [6.07, 6.45) is 3.20. The second-order valence-electron chi connectivity index (χ2n) is 5.41. The number of amides is 1. The number of halogens is 2. The zero-order chi connectivity index (χ0) is 15.5. The Kier molecular flexibility index (Phi) is 5.74. The topological polar surface area (TPSA) is 59.0 Å². The molecule has 7 heteroatoms. The van der Waals surface area contributed by atoms with Crippen molar-refractivity contribution in [3.05, 3.63) is 47.5 Å². The first-order chi connectivity index (χ1) is 10.7. The van der Waals surface area contributed by atoms with E-state index in [-0.39, 0.29) is 30.2 Å². The Labute approximate surface area is 140 Å². The summed E-state index contributed by atoms with van der Waals surface area (Å²) in [6, 6.07) is 6.26. The van der Waals surface area contributed by atoms with Crippen LogP contribution >= 0.6 is 12.4 Å². The molecule has 1 aliphatic rings. The SMILES string of the molecule is CCc1c(C(=O)NC2CCNC2)cnn1-c1ccc(F)cc1.Cl. The number of benzene rings is 1. The van der Waals surface area contributed by atoms with E-state index in [9.17, 15) is 9.18 Å². The Hall–Kier alpha value is -1.92. The molecule has 1 aliphatic heterocycles. The lowest BCUT2D eigenvalue weighted by Crippen LogP contribution is -2.36. The maximum absolute atomic E-state index is 13.0. The fourth-order valence-electron chi connectivity index (χ4n) is 2.75. The van der Waals surface area contributed by atoms with E-state index >= 15 is 0 Å². The van der Waals surface area contributed by atoms with Gasteiger partial charge in [-0.2, -0.15) is 5.10 Å². The van der Waals surface area contributed by atoms with E-state index in [1.165, 1.54) is 12.1 Å². The first-order valence-electron chi connectivity index (χ1n) is 7.53. The smallest absolute Gasteiger partial charge is 0.255 e. The molecule has 2 heterocycles. The minimum Gasteiger partial charge on any atom is -0.348 e. The Morgan fingerprint density at radius 3 is 2.78 bits per heavy atom. The normalized spacial score (nSPS) is 16.9. The molecular weight excluding hydrogens is 319 g/mol. The summed E-state index contributed by atoms with van der Waals surface area (Å²) in [5.74, 6) is -0.389. The molecule has 2 aromatic rings. The third-order valence-electron chi connectivity index (χ3n) is 3.92. The molecule has 0 saturated carbocycles. The third kappa shape index (κ3) is 3.71. The number of rotatable bonds is 4. The average molecular weight is 339 g/mol. The standard InChI is InChI=1S/C16H19FN4O.ClH/c1-2-15-14(16(22)20-12-7-8-18-9-12)10-19-21(15)13-5-3-11(17)4-6-13;/h3-6,10,12,18H,2,7-9H2,1H3,(H,20,22);1H. The molecule has 1 unspecified atom stereocenters. The van der Waals surface area contributed by atoms with Crippen LogP contribution in [0.5, 0.6) is 0 Å². The van der Waals surface area contributed by atoms with E-state index in [0.29, 0.717) is 12.0 Å². The number of carbonyl (C=O) groups is 1. The molecule has 1 amide bonds. The van der Waals surface area contributed by atoms with Crippen molar-refractivity contribution in [3.8, 4) is 5.69 Å². The summed E-state index contributed by atoms with van der Waals surface area (Å²) < 4.78 is 14.7. The van der Waals surface area contributed by atoms with Crippen molar-refractivity contribution in [2.24, 2.45) is 0 Å². The summed E-state index contributed by atoms with van der Waals surface area (Å²) >= 11 is 0. The van der Waals surface area contributed by atoms with E-state index < -0.39 is 0 Å². The lowest BCUT2D eigenvalue weighted by Gasteiger charge is -2.12. The van der Waals surface area contributed by atoms with Gasteiger partial charge in [0.15, 0.2) is 0 Å². The molecule has 1 fully saturated rings. The second-order valence-corrected chi connectivity index (χ2v) is 5.41. The van der Waals surface area contributed by atoms with Gasteiger partial charge in [0, 0.05) is 12.6 Å². The van der Waals surface area contributed by atoms with Crippen LogP contribution in [0, 0.1) is 5.82 Å². The van der Waals surface area contributed by atoms with Gasteiger partial charge in [-0.25, -0.2) is 9.07 Å². The minimum absolute atomic E-state index is 0. The molecule has 0 bridgehead atoms. The Morgan fingerprint density at radius 1 is 1.43 bits per heavy atom. The molecule has 5 nitrogen and oxygen atoms in total. The quantitative estimate of drug-likeness (QED) is 0.897. The van der Waals surface area contributed by atoms with Crippen LogP contribution < -0.4 is 10.6 Å². The molecule has 1 aromatic carbocycles. The van der Waals surface area contributed by atoms with Crippen molar-refractivity contribution < 1.29 is 9.18 Å². The zero-order valence-corrected chi connectivity index (χ0v) is 13.7. The van der Waals surface area contributed by atoms with Gasteiger partial charge in [0.05, 0.1) is 23.1 Å². The Balaban J connectivity index is 0.00000192. The highest BCUT2D eigenvalue weighted by atomic mass is 35.5. The highest BCUT2D eigenvalue weighted by molar-refractivity contribution is 5.95. The largest absolute Gasteiger partial charge is 0.348 e.